The molecular weight excluding hydrogens is 190 g/mol. The maximum absolute atomic E-state index is 9.72. The second-order valence-corrected chi connectivity index (χ2v) is 3.87. The van der Waals surface area contributed by atoms with Gasteiger partial charge in [-0.25, -0.2) is 4.98 Å². The average molecular weight is 197 g/mol. The molecule has 12 heavy (non-hydrogen) atoms. The summed E-state index contributed by atoms with van der Waals surface area (Å²) in [5, 5.41) is 15.5. The van der Waals surface area contributed by atoms with Crippen LogP contribution in [-0.4, -0.2) is 10.1 Å². The molecule has 0 radical (unpaired) electrons. The molecule has 0 amide bonds. The van der Waals surface area contributed by atoms with Crippen LogP contribution in [0.1, 0.15) is 17.4 Å². The highest BCUT2D eigenvalue weighted by Crippen LogP contribution is 2.23. The molecule has 2 rings (SSSR count). The Balaban J connectivity index is 2.27. The lowest BCUT2D eigenvalue weighted by Crippen LogP contribution is -1.97. The molecule has 0 aromatic carbocycles. The van der Waals surface area contributed by atoms with Crippen LogP contribution in [0.4, 0.5) is 0 Å². The highest BCUT2D eigenvalue weighted by Gasteiger charge is 2.11. The molecule has 1 N–H and O–H groups in total. The number of aliphatic hydroxyl groups is 1. The van der Waals surface area contributed by atoms with Gasteiger partial charge in [0.1, 0.15) is 6.10 Å². The van der Waals surface area contributed by atoms with Crippen molar-refractivity contribution < 1.29 is 5.11 Å². The lowest BCUT2D eigenvalue weighted by atomic mass is 10.1. The smallest absolute Gasteiger partial charge is 0.123 e. The molecule has 2 heterocycles. The SMILES string of the molecule is OC(c1ccsc1)c1cscn1. The molecule has 0 aliphatic rings. The Morgan fingerprint density at radius 2 is 2.25 bits per heavy atom. The number of rotatable bonds is 2. The van der Waals surface area contributed by atoms with Crippen LogP contribution in [0.15, 0.2) is 27.7 Å². The third-order valence-electron chi connectivity index (χ3n) is 1.59. The molecular formula is C8H7NOS2. The first-order valence-electron chi connectivity index (χ1n) is 3.46. The summed E-state index contributed by atoms with van der Waals surface area (Å²) in [5.41, 5.74) is 3.38. The van der Waals surface area contributed by atoms with E-state index in [1.54, 1.807) is 16.8 Å². The van der Waals surface area contributed by atoms with Crippen molar-refractivity contribution in [3.63, 3.8) is 0 Å². The molecule has 4 heteroatoms. The fourth-order valence-electron chi connectivity index (χ4n) is 0.958. The van der Waals surface area contributed by atoms with Crippen LogP contribution >= 0.6 is 22.7 Å². The van der Waals surface area contributed by atoms with E-state index in [0.717, 1.165) is 11.3 Å². The van der Waals surface area contributed by atoms with Crippen LogP contribution in [0, 0.1) is 0 Å². The molecule has 0 aliphatic heterocycles. The molecule has 0 bridgehead atoms. The van der Waals surface area contributed by atoms with Crippen LogP contribution in [-0.2, 0) is 0 Å². The highest BCUT2D eigenvalue weighted by atomic mass is 32.1. The van der Waals surface area contributed by atoms with Crippen molar-refractivity contribution in [1.29, 1.82) is 0 Å². The van der Waals surface area contributed by atoms with E-state index in [0.29, 0.717) is 0 Å². The molecule has 1 unspecified atom stereocenters. The number of aromatic nitrogens is 1. The van der Waals surface area contributed by atoms with Crippen LogP contribution in [0.5, 0.6) is 0 Å². The minimum atomic E-state index is -0.553. The molecule has 2 nitrogen and oxygen atoms in total. The van der Waals surface area contributed by atoms with Gasteiger partial charge in [0, 0.05) is 5.38 Å². The van der Waals surface area contributed by atoms with E-state index in [-0.39, 0.29) is 0 Å². The number of thiazole rings is 1. The Bertz CT molecular complexity index is 294. The summed E-state index contributed by atoms with van der Waals surface area (Å²) in [5.74, 6) is 0. The fourth-order valence-corrected chi connectivity index (χ4v) is 2.21. The van der Waals surface area contributed by atoms with Crippen molar-refractivity contribution >= 4 is 22.7 Å². The Labute approximate surface area is 78.1 Å². The van der Waals surface area contributed by atoms with Crippen LogP contribution in [0.3, 0.4) is 0 Å². The third kappa shape index (κ3) is 1.41. The van der Waals surface area contributed by atoms with E-state index in [4.69, 9.17) is 0 Å². The second-order valence-electron chi connectivity index (χ2n) is 2.37. The van der Waals surface area contributed by atoms with Crippen molar-refractivity contribution in [3.05, 3.63) is 39.0 Å². The average Bonchev–Trinajstić information content (AvgIpc) is 2.77. The van der Waals surface area contributed by atoms with Gasteiger partial charge in [0.05, 0.1) is 11.2 Å². The number of nitrogens with zero attached hydrogens (tertiary/aromatic N) is 1. The Kier molecular flexibility index (Phi) is 2.21. The van der Waals surface area contributed by atoms with Crippen molar-refractivity contribution in [2.24, 2.45) is 0 Å². The van der Waals surface area contributed by atoms with Gasteiger partial charge in [-0.2, -0.15) is 11.3 Å². The molecule has 0 fully saturated rings. The first-order valence-corrected chi connectivity index (χ1v) is 5.35. The lowest BCUT2D eigenvalue weighted by Gasteiger charge is -2.03. The number of hydrogen-bond acceptors (Lipinski definition) is 4. The van der Waals surface area contributed by atoms with Gasteiger partial charge < -0.3 is 5.11 Å². The van der Waals surface area contributed by atoms with Gasteiger partial charge in [-0.1, -0.05) is 0 Å². The second kappa shape index (κ2) is 3.35. The zero-order valence-corrected chi connectivity index (χ0v) is 7.81. The molecule has 0 saturated carbocycles. The topological polar surface area (TPSA) is 33.1 Å². The van der Waals surface area contributed by atoms with Crippen molar-refractivity contribution in [3.8, 4) is 0 Å². The minimum Gasteiger partial charge on any atom is -0.382 e. The van der Waals surface area contributed by atoms with E-state index in [1.165, 1.54) is 11.3 Å². The molecule has 2 aromatic rings. The number of hydrogen-bond donors (Lipinski definition) is 1. The molecule has 1 atom stereocenters. The summed E-state index contributed by atoms with van der Waals surface area (Å²) in [4.78, 5) is 4.05. The van der Waals surface area contributed by atoms with Crippen LogP contribution in [0.2, 0.25) is 0 Å². The fraction of sp³-hybridized carbons (Fsp3) is 0.125. The molecule has 0 spiro atoms. The zero-order valence-electron chi connectivity index (χ0n) is 6.18. The van der Waals surface area contributed by atoms with Gasteiger partial charge in [-0.05, 0) is 22.4 Å². The largest absolute Gasteiger partial charge is 0.382 e. The lowest BCUT2D eigenvalue weighted by molar-refractivity contribution is 0.216. The van der Waals surface area contributed by atoms with Gasteiger partial charge in [0.25, 0.3) is 0 Å². The summed E-state index contributed by atoms with van der Waals surface area (Å²) in [6.07, 6.45) is -0.553. The third-order valence-corrected chi connectivity index (χ3v) is 2.90. The summed E-state index contributed by atoms with van der Waals surface area (Å²) < 4.78 is 0. The maximum Gasteiger partial charge on any atom is 0.123 e. The van der Waals surface area contributed by atoms with Gasteiger partial charge in [-0.15, -0.1) is 11.3 Å². The standard InChI is InChI=1S/C8H7NOS2/c10-8(6-1-2-11-3-6)7-4-12-5-9-7/h1-5,8,10H. The zero-order chi connectivity index (χ0) is 8.39. The van der Waals surface area contributed by atoms with Crippen molar-refractivity contribution in [2.45, 2.75) is 6.10 Å². The minimum absolute atomic E-state index is 0.553. The van der Waals surface area contributed by atoms with Crippen molar-refractivity contribution in [2.75, 3.05) is 0 Å². The normalized spacial score (nSPS) is 13.1. The summed E-state index contributed by atoms with van der Waals surface area (Å²) in [7, 11) is 0. The van der Waals surface area contributed by atoms with E-state index in [1.807, 2.05) is 22.2 Å². The van der Waals surface area contributed by atoms with Gasteiger partial charge in [-0.3, -0.25) is 0 Å². The van der Waals surface area contributed by atoms with Gasteiger partial charge in [0.2, 0.25) is 0 Å². The maximum atomic E-state index is 9.72. The monoisotopic (exact) mass is 197 g/mol. The van der Waals surface area contributed by atoms with Crippen molar-refractivity contribution in [1.82, 2.24) is 4.98 Å². The molecule has 2 aromatic heterocycles. The Morgan fingerprint density at radius 1 is 1.33 bits per heavy atom. The Hall–Kier alpha value is -0.710. The molecule has 62 valence electrons. The quantitative estimate of drug-likeness (QED) is 0.801. The summed E-state index contributed by atoms with van der Waals surface area (Å²) in [6.45, 7) is 0. The molecule has 0 saturated heterocycles. The summed E-state index contributed by atoms with van der Waals surface area (Å²) >= 11 is 3.08. The van der Waals surface area contributed by atoms with E-state index < -0.39 is 6.10 Å². The first-order chi connectivity index (χ1) is 5.88. The van der Waals surface area contributed by atoms with E-state index in [2.05, 4.69) is 4.98 Å². The number of thiophene rings is 1. The van der Waals surface area contributed by atoms with Gasteiger partial charge in [0.15, 0.2) is 0 Å². The highest BCUT2D eigenvalue weighted by molar-refractivity contribution is 7.08. The molecule has 0 aliphatic carbocycles. The van der Waals surface area contributed by atoms with E-state index in [9.17, 15) is 5.11 Å². The van der Waals surface area contributed by atoms with Crippen LogP contribution in [0.25, 0.3) is 0 Å². The predicted octanol–water partition coefficient (Wildman–Crippen LogP) is 2.29. The predicted molar refractivity (Wildman–Crippen MR) is 50.5 cm³/mol. The Morgan fingerprint density at radius 3 is 2.83 bits per heavy atom. The first kappa shape index (κ1) is 7.91. The van der Waals surface area contributed by atoms with Crippen LogP contribution < -0.4 is 0 Å². The summed E-state index contributed by atoms with van der Waals surface area (Å²) in [6, 6.07) is 1.91. The number of aliphatic hydroxyl groups excluding tert-OH is 1. The van der Waals surface area contributed by atoms with Gasteiger partial charge >= 0.3 is 0 Å². The van der Waals surface area contributed by atoms with E-state index >= 15 is 0 Å².